The maximum absolute atomic E-state index is 10.3. The molecule has 0 aromatic rings. The minimum atomic E-state index is -0.903. The lowest BCUT2D eigenvalue weighted by Crippen LogP contribution is -2.68. The second-order valence-electron chi connectivity index (χ2n) is 3.77. The van der Waals surface area contributed by atoms with Gasteiger partial charge in [-0.3, -0.25) is 0 Å². The van der Waals surface area contributed by atoms with Gasteiger partial charge in [-0.2, -0.15) is 0 Å². The molecule has 0 aromatic heterocycles. The lowest BCUT2D eigenvalue weighted by Gasteiger charge is -2.47. The maximum Gasteiger partial charge on any atom is 0.157 e. The third-order valence-corrected chi connectivity index (χ3v) is 2.93. The smallest absolute Gasteiger partial charge is 0.157 e. The second kappa shape index (κ2) is 4.47. The Morgan fingerprint density at radius 3 is 1.75 bits per heavy atom. The zero-order valence-corrected chi connectivity index (χ0v) is 9.00. The summed E-state index contributed by atoms with van der Waals surface area (Å²) in [6, 6.07) is -1.22. The molecule has 1 rings (SSSR count). The molecule has 0 radical (unpaired) electrons. The Labute approximate surface area is 91.4 Å². The van der Waals surface area contributed by atoms with Crippen molar-refractivity contribution in [1.29, 1.82) is 0 Å². The van der Waals surface area contributed by atoms with E-state index < -0.39 is 27.7 Å². The standard InChI is InChI=1S/C7H14N4O5/c1-5(8-10(12)13)7(3-4-16-7)6(2)9-11(14)15/h5-6,8-9H,3-4H2,1-2H3. The summed E-state index contributed by atoms with van der Waals surface area (Å²) >= 11 is 0. The second-order valence-corrected chi connectivity index (χ2v) is 3.77. The highest BCUT2D eigenvalue weighted by atomic mass is 16.7. The van der Waals surface area contributed by atoms with Crippen molar-refractivity contribution in [3.63, 3.8) is 0 Å². The summed E-state index contributed by atoms with van der Waals surface area (Å²) in [6.07, 6.45) is 0.539. The molecule has 1 saturated heterocycles. The van der Waals surface area contributed by atoms with E-state index in [1.165, 1.54) is 0 Å². The first-order valence-electron chi connectivity index (χ1n) is 4.83. The third kappa shape index (κ3) is 2.30. The summed E-state index contributed by atoms with van der Waals surface area (Å²) in [5, 5.41) is 19.3. The van der Waals surface area contributed by atoms with E-state index in [1.54, 1.807) is 13.8 Å². The van der Waals surface area contributed by atoms with Gasteiger partial charge in [-0.05, 0) is 13.8 Å². The Morgan fingerprint density at radius 1 is 1.19 bits per heavy atom. The average molecular weight is 234 g/mol. The molecule has 2 N–H and O–H groups in total. The summed E-state index contributed by atoms with van der Waals surface area (Å²) < 4.78 is 5.31. The molecule has 9 nitrogen and oxygen atoms in total. The molecule has 1 heterocycles. The van der Waals surface area contributed by atoms with Gasteiger partial charge in [0.25, 0.3) is 0 Å². The predicted molar refractivity (Wildman–Crippen MR) is 52.5 cm³/mol. The van der Waals surface area contributed by atoms with Crippen molar-refractivity contribution in [3.05, 3.63) is 20.2 Å². The largest absolute Gasteiger partial charge is 0.370 e. The van der Waals surface area contributed by atoms with Crippen molar-refractivity contribution in [3.8, 4) is 0 Å². The van der Waals surface area contributed by atoms with Gasteiger partial charge in [-0.1, -0.05) is 0 Å². The fourth-order valence-electron chi connectivity index (χ4n) is 1.93. The third-order valence-electron chi connectivity index (χ3n) is 2.93. The minimum Gasteiger partial charge on any atom is -0.370 e. The summed E-state index contributed by atoms with van der Waals surface area (Å²) in [7, 11) is 0. The minimum absolute atomic E-state index is 0.452. The summed E-state index contributed by atoms with van der Waals surface area (Å²) in [5.41, 5.74) is 3.25. The molecule has 2 atom stereocenters. The van der Waals surface area contributed by atoms with Crippen LogP contribution in [0.1, 0.15) is 20.3 Å². The van der Waals surface area contributed by atoms with Gasteiger partial charge in [0.15, 0.2) is 10.1 Å². The van der Waals surface area contributed by atoms with E-state index in [4.69, 9.17) is 4.74 Å². The molecule has 9 heteroatoms. The first-order valence-corrected chi connectivity index (χ1v) is 4.83. The Balaban J connectivity index is 2.68. The van der Waals surface area contributed by atoms with E-state index in [0.29, 0.717) is 13.0 Å². The predicted octanol–water partition coefficient (Wildman–Crippen LogP) is -0.515. The lowest BCUT2D eigenvalue weighted by molar-refractivity contribution is -0.567. The van der Waals surface area contributed by atoms with E-state index in [9.17, 15) is 20.2 Å². The highest BCUT2D eigenvalue weighted by molar-refractivity contribution is 5.01. The monoisotopic (exact) mass is 234 g/mol. The number of hydrazine groups is 2. The topological polar surface area (TPSA) is 120 Å². The molecule has 0 bridgehead atoms. The van der Waals surface area contributed by atoms with Crippen molar-refractivity contribution in [1.82, 2.24) is 10.9 Å². The van der Waals surface area contributed by atoms with Gasteiger partial charge in [-0.15, -0.1) is 10.9 Å². The summed E-state index contributed by atoms with van der Waals surface area (Å²) in [6.45, 7) is 3.59. The average Bonchev–Trinajstić information content (AvgIpc) is 1.97. The van der Waals surface area contributed by atoms with Gasteiger partial charge in [0, 0.05) is 6.42 Å². The highest BCUT2D eigenvalue weighted by Crippen LogP contribution is 2.33. The van der Waals surface area contributed by atoms with Crippen LogP contribution in [0.2, 0.25) is 0 Å². The van der Waals surface area contributed by atoms with Crippen LogP contribution in [-0.4, -0.2) is 34.4 Å². The molecule has 0 saturated carbocycles. The van der Waals surface area contributed by atoms with Crippen LogP contribution >= 0.6 is 0 Å². The van der Waals surface area contributed by atoms with Crippen LogP contribution in [0.4, 0.5) is 0 Å². The Hall–Kier alpha value is -1.64. The molecule has 0 aliphatic carbocycles. The quantitative estimate of drug-likeness (QED) is 0.468. The normalized spacial score (nSPS) is 27.4. The molecule has 1 fully saturated rings. The molecular weight excluding hydrogens is 220 g/mol. The van der Waals surface area contributed by atoms with Crippen LogP contribution in [0.5, 0.6) is 0 Å². The summed E-state index contributed by atoms with van der Waals surface area (Å²) in [5.74, 6) is 0. The molecule has 1 aliphatic heterocycles. The number of nitrogens with one attached hydrogen (secondary N) is 2. The van der Waals surface area contributed by atoms with Gasteiger partial charge >= 0.3 is 0 Å². The maximum atomic E-state index is 10.3. The van der Waals surface area contributed by atoms with Crippen molar-refractivity contribution < 1.29 is 14.8 Å². The molecule has 92 valence electrons. The lowest BCUT2D eigenvalue weighted by atomic mass is 9.81. The number of hydrogen-bond acceptors (Lipinski definition) is 5. The van der Waals surface area contributed by atoms with E-state index in [-0.39, 0.29) is 0 Å². The Bertz CT molecular complexity index is 269. The Kier molecular flexibility index (Phi) is 3.48. The number of ether oxygens (including phenoxy) is 1. The molecule has 1 aliphatic rings. The van der Waals surface area contributed by atoms with Crippen LogP contribution in [-0.2, 0) is 4.74 Å². The Morgan fingerprint density at radius 2 is 1.56 bits per heavy atom. The SMILES string of the molecule is CC(N[N+](=O)[O-])C1(C(C)N[N+](=O)[O-])CCO1. The van der Waals surface area contributed by atoms with Gasteiger partial charge in [0.1, 0.15) is 17.7 Å². The molecule has 16 heavy (non-hydrogen) atoms. The molecule has 0 amide bonds. The van der Waals surface area contributed by atoms with E-state index in [1.807, 2.05) is 0 Å². The van der Waals surface area contributed by atoms with Crippen molar-refractivity contribution in [2.45, 2.75) is 38.0 Å². The van der Waals surface area contributed by atoms with Crippen LogP contribution in [0.15, 0.2) is 0 Å². The first kappa shape index (κ1) is 12.4. The first-order chi connectivity index (χ1) is 7.38. The van der Waals surface area contributed by atoms with Crippen molar-refractivity contribution in [2.75, 3.05) is 6.61 Å². The van der Waals surface area contributed by atoms with Crippen LogP contribution in [0, 0.1) is 20.2 Å². The van der Waals surface area contributed by atoms with Crippen molar-refractivity contribution >= 4 is 0 Å². The van der Waals surface area contributed by atoms with Crippen molar-refractivity contribution in [2.24, 2.45) is 0 Å². The zero-order chi connectivity index (χ0) is 12.3. The van der Waals surface area contributed by atoms with E-state index in [2.05, 4.69) is 10.9 Å². The van der Waals surface area contributed by atoms with Crippen LogP contribution in [0.25, 0.3) is 0 Å². The van der Waals surface area contributed by atoms with E-state index in [0.717, 1.165) is 0 Å². The molecule has 2 unspecified atom stereocenters. The number of nitrogens with zero attached hydrogens (tertiary/aromatic N) is 2. The van der Waals surface area contributed by atoms with Gasteiger partial charge in [0.2, 0.25) is 0 Å². The molecule has 0 aromatic carbocycles. The van der Waals surface area contributed by atoms with Gasteiger partial charge in [0.05, 0.1) is 6.61 Å². The fraction of sp³-hybridized carbons (Fsp3) is 1.00. The molecule has 0 spiro atoms. The van der Waals surface area contributed by atoms with Gasteiger partial charge < -0.3 is 4.74 Å². The zero-order valence-electron chi connectivity index (χ0n) is 9.00. The van der Waals surface area contributed by atoms with Crippen LogP contribution < -0.4 is 10.9 Å². The van der Waals surface area contributed by atoms with E-state index >= 15 is 0 Å². The number of hydrogen-bond donors (Lipinski definition) is 2. The van der Waals surface area contributed by atoms with Crippen LogP contribution in [0.3, 0.4) is 0 Å². The highest BCUT2D eigenvalue weighted by Gasteiger charge is 2.51. The number of nitro groups is 2. The summed E-state index contributed by atoms with van der Waals surface area (Å²) in [4.78, 5) is 20.7. The fourth-order valence-corrected chi connectivity index (χ4v) is 1.93. The molecular formula is C7H14N4O5. The number of rotatable bonds is 6. The van der Waals surface area contributed by atoms with Gasteiger partial charge in [-0.25, -0.2) is 20.2 Å².